The summed E-state index contributed by atoms with van der Waals surface area (Å²) >= 11 is 0. The van der Waals surface area contributed by atoms with Gasteiger partial charge in [0.15, 0.2) is 0 Å². The number of amides is 2. The highest BCUT2D eigenvalue weighted by Gasteiger charge is 2.28. The summed E-state index contributed by atoms with van der Waals surface area (Å²) in [6, 6.07) is 3.53. The Morgan fingerprint density at radius 2 is 1.70 bits per heavy atom. The monoisotopic (exact) mass is 420 g/mol. The zero-order chi connectivity index (χ0) is 22.3. The molecule has 0 aliphatic carbocycles. The van der Waals surface area contributed by atoms with Crippen molar-refractivity contribution in [2.75, 3.05) is 6.61 Å². The number of benzene rings is 1. The first-order chi connectivity index (χ1) is 14.2. The molecule has 3 unspecified atom stereocenters. The van der Waals surface area contributed by atoms with Gasteiger partial charge in [-0.1, -0.05) is 18.2 Å². The number of aromatic nitrogens is 1. The molecule has 2 amide bonds. The van der Waals surface area contributed by atoms with E-state index in [1.165, 1.54) is 0 Å². The van der Waals surface area contributed by atoms with Gasteiger partial charge in [-0.3, -0.25) is 14.4 Å². The number of rotatable bonds is 11. The van der Waals surface area contributed by atoms with Crippen LogP contribution in [0.4, 0.5) is 0 Å². The van der Waals surface area contributed by atoms with E-state index in [9.17, 15) is 24.3 Å². The van der Waals surface area contributed by atoms with E-state index in [1.807, 2.05) is 24.3 Å². The number of carboxylic acid groups (broad SMARTS) is 2. The van der Waals surface area contributed by atoms with Gasteiger partial charge in [0.05, 0.1) is 12.6 Å². The second kappa shape index (κ2) is 10.4. The average Bonchev–Trinajstić information content (AvgIpc) is 3.11. The van der Waals surface area contributed by atoms with Crippen molar-refractivity contribution in [2.24, 2.45) is 5.73 Å². The van der Waals surface area contributed by atoms with Crippen LogP contribution in [0.3, 0.4) is 0 Å². The van der Waals surface area contributed by atoms with Crippen LogP contribution in [0.2, 0.25) is 0 Å². The first kappa shape index (κ1) is 22.8. The zero-order valence-electron chi connectivity index (χ0n) is 16.0. The Labute approximate surface area is 171 Å². The number of para-hydroxylation sites is 1. The average molecular weight is 420 g/mol. The lowest BCUT2D eigenvalue weighted by molar-refractivity contribution is -0.143. The van der Waals surface area contributed by atoms with E-state index in [0.717, 1.165) is 16.5 Å². The molecule has 0 aliphatic rings. The summed E-state index contributed by atoms with van der Waals surface area (Å²) in [5.74, 6) is -4.30. The topological polar surface area (TPSA) is 195 Å². The van der Waals surface area contributed by atoms with Crippen LogP contribution in [0.5, 0.6) is 0 Å². The van der Waals surface area contributed by atoms with E-state index in [4.69, 9.17) is 15.9 Å². The van der Waals surface area contributed by atoms with E-state index in [0.29, 0.717) is 0 Å². The first-order valence-corrected chi connectivity index (χ1v) is 9.19. The van der Waals surface area contributed by atoms with Crippen LogP contribution in [-0.2, 0) is 25.6 Å². The van der Waals surface area contributed by atoms with Crippen molar-refractivity contribution in [3.05, 3.63) is 36.0 Å². The molecule has 1 aromatic carbocycles. The van der Waals surface area contributed by atoms with E-state index >= 15 is 0 Å². The number of aliphatic hydroxyl groups is 1. The molecule has 162 valence electrons. The molecule has 0 fully saturated rings. The van der Waals surface area contributed by atoms with Crippen LogP contribution in [0.25, 0.3) is 10.9 Å². The third kappa shape index (κ3) is 6.03. The van der Waals surface area contributed by atoms with Gasteiger partial charge in [0.1, 0.15) is 12.1 Å². The first-order valence-electron chi connectivity index (χ1n) is 9.19. The van der Waals surface area contributed by atoms with Gasteiger partial charge >= 0.3 is 11.9 Å². The molecular weight excluding hydrogens is 396 g/mol. The summed E-state index contributed by atoms with van der Waals surface area (Å²) in [6.07, 6.45) is 1.09. The highest BCUT2D eigenvalue weighted by atomic mass is 16.4. The lowest BCUT2D eigenvalue weighted by Crippen LogP contribution is -2.56. The molecule has 2 rings (SSSR count). The Balaban J connectivity index is 1.97. The summed E-state index contributed by atoms with van der Waals surface area (Å²) in [7, 11) is 0. The molecule has 8 N–H and O–H groups in total. The van der Waals surface area contributed by atoms with Gasteiger partial charge < -0.3 is 36.7 Å². The predicted molar refractivity (Wildman–Crippen MR) is 105 cm³/mol. The third-order valence-corrected chi connectivity index (χ3v) is 4.53. The number of H-pyrrole nitrogens is 1. The van der Waals surface area contributed by atoms with Gasteiger partial charge in [0.25, 0.3) is 0 Å². The van der Waals surface area contributed by atoms with Gasteiger partial charge in [-0.15, -0.1) is 0 Å². The Morgan fingerprint density at radius 3 is 2.33 bits per heavy atom. The smallest absolute Gasteiger partial charge is 0.326 e. The van der Waals surface area contributed by atoms with Gasteiger partial charge in [0.2, 0.25) is 11.8 Å². The Hall–Kier alpha value is -3.44. The van der Waals surface area contributed by atoms with Crippen molar-refractivity contribution in [1.29, 1.82) is 0 Å². The molecule has 0 aliphatic heterocycles. The number of carbonyl (C=O) groups is 4. The molecule has 0 saturated heterocycles. The SMILES string of the molecule is NC(Cc1c[nH]c2ccccc12)C(=O)NC(CO)C(=O)NC(CCC(=O)O)C(=O)O. The molecule has 3 atom stereocenters. The van der Waals surface area contributed by atoms with Crippen molar-refractivity contribution in [1.82, 2.24) is 15.6 Å². The number of carbonyl (C=O) groups excluding carboxylic acids is 2. The molecular formula is C19H24N4O7. The molecule has 11 heteroatoms. The molecule has 30 heavy (non-hydrogen) atoms. The molecule has 0 bridgehead atoms. The fourth-order valence-corrected chi connectivity index (χ4v) is 2.90. The van der Waals surface area contributed by atoms with Crippen LogP contribution < -0.4 is 16.4 Å². The van der Waals surface area contributed by atoms with Crippen molar-refractivity contribution >= 4 is 34.7 Å². The maximum Gasteiger partial charge on any atom is 0.326 e. The number of carboxylic acids is 2. The Bertz CT molecular complexity index is 926. The minimum Gasteiger partial charge on any atom is -0.481 e. The zero-order valence-corrected chi connectivity index (χ0v) is 16.0. The second-order valence-electron chi connectivity index (χ2n) is 6.75. The van der Waals surface area contributed by atoms with Crippen molar-refractivity contribution in [3.63, 3.8) is 0 Å². The number of hydrogen-bond acceptors (Lipinski definition) is 6. The number of aromatic amines is 1. The standard InChI is InChI=1S/C19H24N4O7/c20-12(7-10-8-21-13-4-2-1-3-11(10)13)17(27)23-15(9-24)18(28)22-14(19(29)30)5-6-16(25)26/h1-4,8,12,14-15,21,24H,5-7,9,20H2,(H,22,28)(H,23,27)(H,25,26)(H,29,30). The number of nitrogens with one attached hydrogen (secondary N) is 3. The highest BCUT2D eigenvalue weighted by Crippen LogP contribution is 2.18. The summed E-state index contributed by atoms with van der Waals surface area (Å²) in [6.45, 7) is -0.789. The largest absolute Gasteiger partial charge is 0.481 e. The minimum absolute atomic E-state index is 0.173. The summed E-state index contributed by atoms with van der Waals surface area (Å²) in [5, 5.41) is 32.5. The molecule has 1 heterocycles. The van der Waals surface area contributed by atoms with Gasteiger partial charge in [-0.25, -0.2) is 4.79 Å². The Morgan fingerprint density at radius 1 is 1.03 bits per heavy atom. The lowest BCUT2D eigenvalue weighted by Gasteiger charge is -2.21. The highest BCUT2D eigenvalue weighted by molar-refractivity contribution is 5.92. The van der Waals surface area contributed by atoms with Crippen LogP contribution in [0.15, 0.2) is 30.5 Å². The summed E-state index contributed by atoms with van der Waals surface area (Å²) in [4.78, 5) is 49.5. The summed E-state index contributed by atoms with van der Waals surface area (Å²) < 4.78 is 0. The Kier molecular flexibility index (Phi) is 7.90. The third-order valence-electron chi connectivity index (χ3n) is 4.53. The number of hydrogen-bond donors (Lipinski definition) is 7. The van der Waals surface area contributed by atoms with E-state index in [2.05, 4.69) is 15.6 Å². The molecule has 2 aromatic rings. The van der Waals surface area contributed by atoms with Crippen molar-refractivity contribution in [2.45, 2.75) is 37.4 Å². The van der Waals surface area contributed by atoms with Crippen LogP contribution >= 0.6 is 0 Å². The van der Waals surface area contributed by atoms with Gasteiger partial charge in [-0.05, 0) is 24.5 Å². The molecule has 11 nitrogen and oxygen atoms in total. The lowest BCUT2D eigenvalue weighted by atomic mass is 10.0. The maximum atomic E-state index is 12.4. The van der Waals surface area contributed by atoms with E-state index in [-0.39, 0.29) is 12.8 Å². The normalized spacial score (nSPS) is 13.9. The fraction of sp³-hybridized carbons (Fsp3) is 0.368. The van der Waals surface area contributed by atoms with Crippen LogP contribution in [-0.4, -0.2) is 68.8 Å². The van der Waals surface area contributed by atoms with Gasteiger partial charge in [-0.2, -0.15) is 0 Å². The van der Waals surface area contributed by atoms with Crippen LogP contribution in [0, 0.1) is 0 Å². The van der Waals surface area contributed by atoms with E-state index < -0.39 is 54.9 Å². The van der Waals surface area contributed by atoms with Crippen LogP contribution in [0.1, 0.15) is 18.4 Å². The summed E-state index contributed by atoms with van der Waals surface area (Å²) in [5.41, 5.74) is 7.62. The second-order valence-corrected chi connectivity index (χ2v) is 6.75. The minimum atomic E-state index is -1.47. The molecule has 1 aromatic heterocycles. The quantitative estimate of drug-likeness (QED) is 0.239. The van der Waals surface area contributed by atoms with Crippen molar-refractivity contribution in [3.8, 4) is 0 Å². The number of aliphatic hydroxyl groups excluding tert-OH is 1. The fourth-order valence-electron chi connectivity index (χ4n) is 2.90. The molecule has 0 radical (unpaired) electrons. The number of fused-ring (bicyclic) bond motifs is 1. The van der Waals surface area contributed by atoms with Gasteiger partial charge in [0, 0.05) is 23.5 Å². The molecule has 0 saturated carbocycles. The number of nitrogens with two attached hydrogens (primary N) is 1. The number of aliphatic carboxylic acids is 2. The predicted octanol–water partition coefficient (Wildman–Crippen LogP) is -1.05. The van der Waals surface area contributed by atoms with E-state index in [1.54, 1.807) is 6.20 Å². The maximum absolute atomic E-state index is 12.4. The molecule has 0 spiro atoms. The van der Waals surface area contributed by atoms with Crippen molar-refractivity contribution < 1.29 is 34.5 Å².